The number of anilines is 2. The van der Waals surface area contributed by atoms with Crippen LogP contribution in [0.4, 0.5) is 11.4 Å². The Balaban J connectivity index is 1.86. The van der Waals surface area contributed by atoms with Crippen LogP contribution >= 0.6 is 23.2 Å². The second-order valence-electron chi connectivity index (χ2n) is 5.87. The van der Waals surface area contributed by atoms with E-state index in [-0.39, 0.29) is 5.91 Å². The Hall–Kier alpha value is -1.76. The van der Waals surface area contributed by atoms with Crippen LogP contribution in [0.2, 0.25) is 10.0 Å². The lowest BCUT2D eigenvalue weighted by molar-refractivity contribution is 0.102. The van der Waals surface area contributed by atoms with Crippen LogP contribution < -0.4 is 9.62 Å². The van der Waals surface area contributed by atoms with E-state index in [1.165, 1.54) is 10.6 Å². The number of halogens is 2. The maximum Gasteiger partial charge on any atom is 0.255 e. The Labute approximate surface area is 156 Å². The molecule has 1 amide bonds. The van der Waals surface area contributed by atoms with Crippen molar-refractivity contribution in [3.8, 4) is 0 Å². The molecule has 1 aliphatic rings. The molecule has 0 radical (unpaired) electrons. The van der Waals surface area contributed by atoms with E-state index in [0.29, 0.717) is 33.5 Å². The van der Waals surface area contributed by atoms with Gasteiger partial charge in [-0.3, -0.25) is 9.10 Å². The highest BCUT2D eigenvalue weighted by atomic mass is 35.5. The number of hydrogen-bond donors (Lipinski definition) is 1. The third kappa shape index (κ3) is 3.92. The Bertz CT molecular complexity index is 945. The van der Waals surface area contributed by atoms with E-state index in [1.54, 1.807) is 36.4 Å². The first-order chi connectivity index (χ1) is 11.8. The van der Waals surface area contributed by atoms with E-state index in [4.69, 9.17) is 23.2 Å². The number of benzene rings is 2. The van der Waals surface area contributed by atoms with E-state index in [9.17, 15) is 13.2 Å². The standard InChI is InChI=1S/C17H16Cl2N2O3S/c1-25(23,24)21-8-2-3-11-9-12(4-7-16(11)21)17(22)20-13-5-6-14(18)15(19)10-13/h4-7,9-10H,2-3,8H2,1H3,(H,20,22). The predicted octanol–water partition coefficient (Wildman–Crippen LogP) is 3.96. The molecule has 0 spiro atoms. The summed E-state index contributed by atoms with van der Waals surface area (Å²) in [6.45, 7) is 0.459. The number of rotatable bonds is 3. The van der Waals surface area contributed by atoms with Crippen LogP contribution in [-0.2, 0) is 16.4 Å². The Morgan fingerprint density at radius 1 is 1.12 bits per heavy atom. The number of nitrogens with one attached hydrogen (secondary N) is 1. The maximum absolute atomic E-state index is 12.5. The predicted molar refractivity (Wildman–Crippen MR) is 101 cm³/mol. The van der Waals surface area contributed by atoms with E-state index in [2.05, 4.69) is 5.32 Å². The zero-order chi connectivity index (χ0) is 18.2. The third-order valence-electron chi connectivity index (χ3n) is 4.00. The summed E-state index contributed by atoms with van der Waals surface area (Å²) in [5.41, 5.74) is 2.48. The monoisotopic (exact) mass is 398 g/mol. The van der Waals surface area contributed by atoms with Gasteiger partial charge < -0.3 is 5.32 Å². The Morgan fingerprint density at radius 2 is 1.88 bits per heavy atom. The number of hydrogen-bond acceptors (Lipinski definition) is 3. The molecule has 8 heteroatoms. The minimum Gasteiger partial charge on any atom is -0.322 e. The number of fused-ring (bicyclic) bond motifs is 1. The molecular weight excluding hydrogens is 383 g/mol. The molecule has 1 aliphatic heterocycles. The molecule has 0 saturated heterocycles. The van der Waals surface area contributed by atoms with E-state index < -0.39 is 10.0 Å². The fourth-order valence-corrected chi connectivity index (χ4v) is 4.12. The Morgan fingerprint density at radius 3 is 2.56 bits per heavy atom. The molecule has 2 aromatic rings. The van der Waals surface area contributed by atoms with Crippen molar-refractivity contribution in [1.29, 1.82) is 0 Å². The van der Waals surface area contributed by atoms with Crippen molar-refractivity contribution in [2.45, 2.75) is 12.8 Å². The quantitative estimate of drug-likeness (QED) is 0.850. The zero-order valence-electron chi connectivity index (χ0n) is 13.4. The first-order valence-corrected chi connectivity index (χ1v) is 10.2. The van der Waals surface area contributed by atoms with Crippen LogP contribution in [0.1, 0.15) is 22.3 Å². The SMILES string of the molecule is CS(=O)(=O)N1CCCc2cc(C(=O)Nc3ccc(Cl)c(Cl)c3)ccc21. The lowest BCUT2D eigenvalue weighted by Gasteiger charge is -2.29. The summed E-state index contributed by atoms with van der Waals surface area (Å²) in [5, 5.41) is 3.53. The number of carbonyl (C=O) groups is 1. The number of amides is 1. The second kappa shape index (κ2) is 6.86. The van der Waals surface area contributed by atoms with Gasteiger partial charge in [-0.05, 0) is 54.8 Å². The largest absolute Gasteiger partial charge is 0.322 e. The van der Waals surface area contributed by atoms with Crippen molar-refractivity contribution >= 4 is 50.5 Å². The first kappa shape index (κ1) is 18.0. The van der Waals surface area contributed by atoms with Gasteiger partial charge in [-0.15, -0.1) is 0 Å². The number of aryl methyl sites for hydroxylation is 1. The normalized spacial score (nSPS) is 14.1. The van der Waals surface area contributed by atoms with Gasteiger partial charge in [-0.1, -0.05) is 23.2 Å². The van der Waals surface area contributed by atoms with Crippen molar-refractivity contribution in [2.75, 3.05) is 22.4 Å². The van der Waals surface area contributed by atoms with Crippen LogP contribution in [0.15, 0.2) is 36.4 Å². The van der Waals surface area contributed by atoms with Crippen molar-refractivity contribution < 1.29 is 13.2 Å². The van der Waals surface area contributed by atoms with Gasteiger partial charge in [0.25, 0.3) is 5.91 Å². The van der Waals surface area contributed by atoms with Crippen molar-refractivity contribution in [3.05, 3.63) is 57.6 Å². The highest BCUT2D eigenvalue weighted by molar-refractivity contribution is 7.92. The minimum atomic E-state index is -3.32. The first-order valence-electron chi connectivity index (χ1n) is 7.63. The summed E-state index contributed by atoms with van der Waals surface area (Å²) in [5.74, 6) is -0.294. The van der Waals surface area contributed by atoms with E-state index in [0.717, 1.165) is 18.4 Å². The fourth-order valence-electron chi connectivity index (χ4n) is 2.83. The molecule has 2 aromatic carbocycles. The minimum absolute atomic E-state index is 0.294. The third-order valence-corrected chi connectivity index (χ3v) is 5.91. The molecule has 0 bridgehead atoms. The molecule has 0 saturated carbocycles. The Kier molecular flexibility index (Phi) is 4.95. The van der Waals surface area contributed by atoms with Gasteiger partial charge in [0.15, 0.2) is 0 Å². The lowest BCUT2D eigenvalue weighted by atomic mass is 10.0. The smallest absolute Gasteiger partial charge is 0.255 e. The van der Waals surface area contributed by atoms with Crippen molar-refractivity contribution in [3.63, 3.8) is 0 Å². The highest BCUT2D eigenvalue weighted by Crippen LogP contribution is 2.30. The molecule has 3 rings (SSSR count). The van der Waals surface area contributed by atoms with Crippen LogP contribution in [0.3, 0.4) is 0 Å². The molecule has 0 unspecified atom stereocenters. The van der Waals surface area contributed by atoms with Crippen LogP contribution in [-0.4, -0.2) is 27.1 Å². The van der Waals surface area contributed by atoms with Crippen molar-refractivity contribution in [1.82, 2.24) is 0 Å². The second-order valence-corrected chi connectivity index (χ2v) is 8.59. The van der Waals surface area contributed by atoms with Gasteiger partial charge in [0.05, 0.1) is 22.0 Å². The summed E-state index contributed by atoms with van der Waals surface area (Å²) in [6, 6.07) is 9.88. The zero-order valence-corrected chi connectivity index (χ0v) is 15.7. The summed E-state index contributed by atoms with van der Waals surface area (Å²) in [4.78, 5) is 12.5. The van der Waals surface area contributed by atoms with E-state index in [1.807, 2.05) is 0 Å². The number of sulfonamides is 1. The average Bonchev–Trinajstić information content (AvgIpc) is 2.56. The molecule has 0 aliphatic carbocycles. The average molecular weight is 399 g/mol. The summed E-state index contributed by atoms with van der Waals surface area (Å²) >= 11 is 11.8. The molecular formula is C17H16Cl2N2O3S. The topological polar surface area (TPSA) is 66.5 Å². The molecule has 0 aromatic heterocycles. The van der Waals surface area contributed by atoms with Gasteiger partial charge >= 0.3 is 0 Å². The molecule has 25 heavy (non-hydrogen) atoms. The fraction of sp³-hybridized carbons (Fsp3) is 0.235. The molecule has 1 heterocycles. The summed E-state index contributed by atoms with van der Waals surface area (Å²) < 4.78 is 25.2. The molecule has 0 fully saturated rings. The van der Waals surface area contributed by atoms with E-state index >= 15 is 0 Å². The van der Waals surface area contributed by atoms with Gasteiger partial charge in [-0.25, -0.2) is 8.42 Å². The molecule has 1 N–H and O–H groups in total. The van der Waals surface area contributed by atoms with Gasteiger partial charge in [0.2, 0.25) is 10.0 Å². The van der Waals surface area contributed by atoms with Gasteiger partial charge in [0.1, 0.15) is 0 Å². The number of nitrogens with zero attached hydrogens (tertiary/aromatic N) is 1. The van der Waals surface area contributed by atoms with Crippen LogP contribution in [0.5, 0.6) is 0 Å². The molecule has 5 nitrogen and oxygen atoms in total. The van der Waals surface area contributed by atoms with Gasteiger partial charge in [-0.2, -0.15) is 0 Å². The molecule has 132 valence electrons. The van der Waals surface area contributed by atoms with Gasteiger partial charge in [0, 0.05) is 17.8 Å². The lowest BCUT2D eigenvalue weighted by Crippen LogP contribution is -2.34. The van der Waals surface area contributed by atoms with Crippen molar-refractivity contribution in [2.24, 2.45) is 0 Å². The van der Waals surface area contributed by atoms with Crippen LogP contribution in [0.25, 0.3) is 0 Å². The summed E-state index contributed by atoms with van der Waals surface area (Å²) in [7, 11) is -3.32. The van der Waals surface area contributed by atoms with Crippen LogP contribution in [0, 0.1) is 0 Å². The summed E-state index contributed by atoms with van der Waals surface area (Å²) in [6.07, 6.45) is 2.64. The highest BCUT2D eigenvalue weighted by Gasteiger charge is 2.24. The number of carbonyl (C=O) groups excluding carboxylic acids is 1. The molecule has 0 atom stereocenters. The maximum atomic E-state index is 12.5.